The molecule has 0 saturated heterocycles. The predicted molar refractivity (Wildman–Crippen MR) is 166 cm³/mol. The van der Waals surface area contributed by atoms with Crippen molar-refractivity contribution in [3.63, 3.8) is 0 Å². The second-order valence-corrected chi connectivity index (χ2v) is 12.3. The van der Waals surface area contributed by atoms with E-state index < -0.39 is 21.8 Å². The number of benzene rings is 2. The molecule has 10 heteroatoms. The number of aromatic nitrogens is 2. The van der Waals surface area contributed by atoms with E-state index in [1.54, 1.807) is 62.0 Å². The summed E-state index contributed by atoms with van der Waals surface area (Å²) < 4.78 is 29.7. The molecule has 2 heterocycles. The highest BCUT2D eigenvalue weighted by atomic mass is 32.2. The quantitative estimate of drug-likeness (QED) is 0.149. The second-order valence-electron chi connectivity index (χ2n) is 10.3. The monoisotopic (exact) mass is 599 g/mol. The van der Waals surface area contributed by atoms with Crippen LogP contribution in [0.2, 0.25) is 0 Å². The molecule has 0 bridgehead atoms. The van der Waals surface area contributed by atoms with Crippen LogP contribution in [-0.4, -0.2) is 58.9 Å². The molecule has 0 unspecified atom stereocenters. The first kappa shape index (κ1) is 31.6. The Bertz CT molecular complexity index is 1710. The summed E-state index contributed by atoms with van der Waals surface area (Å²) in [5, 5.41) is 14.6. The van der Waals surface area contributed by atoms with Gasteiger partial charge in [-0.3, -0.25) is 14.5 Å². The maximum Gasteiger partial charge on any atom is 0.271 e. The standard InChI is InChI=1S/C33H37N5O4S/c1-5-8-9-13-19-37-32(39)29(24(4)30(22-34)33(37)40)21-26-23-38(27-16-11-10-12-17-27)35-31(26)25-15-14-18-28(20-25)43(41,42)36(6-2)7-3/h10-12,14-18,20-21,23H,5-9,13,19H2,1-4H3/b29-21+. The number of carbonyl (C=O) groups is 2. The third-order valence-electron chi connectivity index (χ3n) is 7.57. The van der Waals surface area contributed by atoms with Gasteiger partial charge in [-0.15, -0.1) is 0 Å². The molecule has 43 heavy (non-hydrogen) atoms. The van der Waals surface area contributed by atoms with E-state index in [0.717, 1.165) is 29.8 Å². The van der Waals surface area contributed by atoms with Crippen LogP contribution in [0.4, 0.5) is 0 Å². The van der Waals surface area contributed by atoms with E-state index in [1.807, 2.05) is 36.4 Å². The van der Waals surface area contributed by atoms with Crippen molar-refractivity contribution in [3.05, 3.63) is 83.1 Å². The summed E-state index contributed by atoms with van der Waals surface area (Å²) in [6.45, 7) is 8.18. The van der Waals surface area contributed by atoms with Crippen LogP contribution in [0.5, 0.6) is 0 Å². The number of unbranched alkanes of at least 4 members (excludes halogenated alkanes) is 3. The van der Waals surface area contributed by atoms with Gasteiger partial charge in [0.2, 0.25) is 10.0 Å². The minimum Gasteiger partial charge on any atom is -0.274 e. The van der Waals surface area contributed by atoms with Crippen molar-refractivity contribution in [1.29, 1.82) is 5.26 Å². The highest BCUT2D eigenvalue weighted by molar-refractivity contribution is 7.89. The Balaban J connectivity index is 1.88. The van der Waals surface area contributed by atoms with Gasteiger partial charge < -0.3 is 0 Å². The van der Waals surface area contributed by atoms with E-state index in [2.05, 4.69) is 6.92 Å². The first-order valence-corrected chi connectivity index (χ1v) is 16.1. The summed E-state index contributed by atoms with van der Waals surface area (Å²) in [7, 11) is -3.73. The van der Waals surface area contributed by atoms with Crippen LogP contribution in [0.25, 0.3) is 23.0 Å². The van der Waals surface area contributed by atoms with Crippen LogP contribution in [0, 0.1) is 11.3 Å². The Morgan fingerprint density at radius 2 is 1.67 bits per heavy atom. The van der Waals surface area contributed by atoms with Gasteiger partial charge in [0, 0.05) is 42.5 Å². The number of nitrogens with zero attached hydrogens (tertiary/aromatic N) is 5. The number of hydrogen-bond donors (Lipinski definition) is 0. The molecule has 0 spiro atoms. The molecule has 9 nitrogen and oxygen atoms in total. The number of rotatable bonds is 12. The molecule has 2 amide bonds. The molecule has 2 aromatic carbocycles. The molecule has 0 fully saturated rings. The fourth-order valence-corrected chi connectivity index (χ4v) is 6.64. The Morgan fingerprint density at radius 1 is 0.953 bits per heavy atom. The topological polar surface area (TPSA) is 116 Å². The Kier molecular flexibility index (Phi) is 10.1. The van der Waals surface area contributed by atoms with Crippen molar-refractivity contribution in [2.24, 2.45) is 0 Å². The lowest BCUT2D eigenvalue weighted by atomic mass is 9.93. The Hall–Kier alpha value is -4.33. The zero-order valence-electron chi connectivity index (χ0n) is 25.1. The van der Waals surface area contributed by atoms with E-state index in [9.17, 15) is 23.3 Å². The number of imide groups is 1. The van der Waals surface area contributed by atoms with Crippen LogP contribution in [-0.2, 0) is 19.6 Å². The second kappa shape index (κ2) is 13.8. The van der Waals surface area contributed by atoms with Gasteiger partial charge in [0.1, 0.15) is 17.3 Å². The van der Waals surface area contributed by atoms with Crippen molar-refractivity contribution in [1.82, 2.24) is 19.0 Å². The minimum atomic E-state index is -3.73. The van der Waals surface area contributed by atoms with Crippen molar-refractivity contribution in [2.45, 2.75) is 58.3 Å². The van der Waals surface area contributed by atoms with E-state index in [1.165, 1.54) is 4.31 Å². The van der Waals surface area contributed by atoms with Gasteiger partial charge in [0.25, 0.3) is 11.8 Å². The number of nitriles is 1. The number of carbonyl (C=O) groups excluding carboxylic acids is 2. The van der Waals surface area contributed by atoms with Gasteiger partial charge >= 0.3 is 0 Å². The Morgan fingerprint density at radius 3 is 2.33 bits per heavy atom. The average molecular weight is 600 g/mol. The lowest BCUT2D eigenvalue weighted by Crippen LogP contribution is -2.43. The lowest BCUT2D eigenvalue weighted by Gasteiger charge is -2.27. The summed E-state index contributed by atoms with van der Waals surface area (Å²) in [6, 6.07) is 18.0. The molecule has 1 aliphatic rings. The molecule has 4 rings (SSSR count). The van der Waals surface area contributed by atoms with Crippen LogP contribution in [0.1, 0.15) is 58.9 Å². The molecule has 0 saturated carbocycles. The van der Waals surface area contributed by atoms with Gasteiger partial charge in [0.15, 0.2) is 0 Å². The van der Waals surface area contributed by atoms with Gasteiger partial charge in [-0.25, -0.2) is 13.1 Å². The zero-order chi connectivity index (χ0) is 31.1. The minimum absolute atomic E-state index is 0.0642. The predicted octanol–water partition coefficient (Wildman–Crippen LogP) is 5.74. The average Bonchev–Trinajstić information content (AvgIpc) is 3.44. The van der Waals surface area contributed by atoms with E-state index in [0.29, 0.717) is 41.9 Å². The normalized spacial score (nSPS) is 15.1. The molecule has 1 aliphatic heterocycles. The maximum atomic E-state index is 13.7. The van der Waals surface area contributed by atoms with E-state index in [4.69, 9.17) is 5.10 Å². The molecular weight excluding hydrogens is 562 g/mol. The van der Waals surface area contributed by atoms with Crippen molar-refractivity contribution < 1.29 is 18.0 Å². The molecular formula is C33H37N5O4S. The third kappa shape index (κ3) is 6.53. The van der Waals surface area contributed by atoms with Gasteiger partial charge in [0.05, 0.1) is 10.6 Å². The molecule has 0 radical (unpaired) electrons. The van der Waals surface area contributed by atoms with Crippen LogP contribution >= 0.6 is 0 Å². The fourth-order valence-electron chi connectivity index (χ4n) is 5.13. The van der Waals surface area contributed by atoms with Crippen molar-refractivity contribution >= 4 is 27.9 Å². The van der Waals surface area contributed by atoms with Crippen molar-refractivity contribution in [3.8, 4) is 23.0 Å². The summed E-state index contributed by atoms with van der Waals surface area (Å²) in [4.78, 5) is 28.1. The first-order valence-electron chi connectivity index (χ1n) is 14.6. The smallest absolute Gasteiger partial charge is 0.271 e. The summed E-state index contributed by atoms with van der Waals surface area (Å²) in [5.41, 5.74) is 2.79. The number of hydrogen-bond acceptors (Lipinski definition) is 6. The summed E-state index contributed by atoms with van der Waals surface area (Å²) in [6.07, 6.45) is 6.94. The molecule has 224 valence electrons. The van der Waals surface area contributed by atoms with Crippen LogP contribution in [0.15, 0.2) is 82.4 Å². The van der Waals surface area contributed by atoms with Crippen LogP contribution in [0.3, 0.4) is 0 Å². The van der Waals surface area contributed by atoms with Crippen LogP contribution < -0.4 is 0 Å². The molecule has 0 aliphatic carbocycles. The Labute approximate surface area is 253 Å². The zero-order valence-corrected chi connectivity index (χ0v) is 25.9. The first-order chi connectivity index (χ1) is 20.7. The fraction of sp³-hybridized carbons (Fsp3) is 0.333. The molecule has 0 N–H and O–H groups in total. The number of amides is 2. The summed E-state index contributed by atoms with van der Waals surface area (Å²) >= 11 is 0. The highest BCUT2D eigenvalue weighted by Gasteiger charge is 2.35. The molecule has 0 atom stereocenters. The van der Waals surface area contributed by atoms with Crippen molar-refractivity contribution in [2.75, 3.05) is 19.6 Å². The van der Waals surface area contributed by atoms with Gasteiger partial charge in [-0.2, -0.15) is 14.7 Å². The lowest BCUT2D eigenvalue weighted by molar-refractivity contribution is -0.140. The SMILES string of the molecule is CCCCCCN1C(=O)C(C#N)=C(C)/C(=C\c2cn(-c3ccccc3)nc2-c2cccc(S(=O)(=O)N(CC)CC)c2)C1=O. The molecule has 1 aromatic heterocycles. The third-order valence-corrected chi connectivity index (χ3v) is 9.62. The highest BCUT2D eigenvalue weighted by Crippen LogP contribution is 2.32. The maximum absolute atomic E-state index is 13.7. The number of para-hydroxylation sites is 1. The summed E-state index contributed by atoms with van der Waals surface area (Å²) in [5.74, 6) is -1.04. The van der Waals surface area contributed by atoms with Gasteiger partial charge in [-0.05, 0) is 49.3 Å². The van der Waals surface area contributed by atoms with Gasteiger partial charge in [-0.1, -0.05) is 70.4 Å². The largest absolute Gasteiger partial charge is 0.274 e. The van der Waals surface area contributed by atoms with E-state index >= 15 is 0 Å². The molecule has 3 aromatic rings. The number of sulfonamides is 1. The van der Waals surface area contributed by atoms with E-state index in [-0.39, 0.29) is 22.6 Å².